The number of hydrogen-bond acceptors (Lipinski definition) is 2. The van der Waals surface area contributed by atoms with Gasteiger partial charge in [-0.05, 0) is 77.0 Å². The van der Waals surface area contributed by atoms with Crippen LogP contribution in [0.15, 0.2) is 53.1 Å². The van der Waals surface area contributed by atoms with E-state index in [9.17, 15) is 0 Å². The van der Waals surface area contributed by atoms with Crippen molar-refractivity contribution in [2.75, 3.05) is 0 Å². The summed E-state index contributed by atoms with van der Waals surface area (Å²) < 4.78 is 3.67. The molecule has 2 heterocycles. The van der Waals surface area contributed by atoms with Gasteiger partial charge in [0, 0.05) is 17.3 Å². The molecule has 3 rings (SSSR count). The molecule has 1 aromatic carbocycles. The third kappa shape index (κ3) is 3.70. The number of hydrogen-bond donors (Lipinski definition) is 0. The number of thiophene rings is 2. The van der Waals surface area contributed by atoms with Crippen LogP contribution in [0.5, 0.6) is 0 Å². The number of benzene rings is 1. The Hall–Kier alpha value is 0.0600. The van der Waals surface area contributed by atoms with E-state index in [0.29, 0.717) is 0 Å². The summed E-state index contributed by atoms with van der Waals surface area (Å²) in [5.74, 6) is 0. The molecule has 0 bridgehead atoms. The van der Waals surface area contributed by atoms with Gasteiger partial charge in [-0.15, -0.1) is 22.7 Å². The Morgan fingerprint density at radius 1 is 0.667 bits per heavy atom. The highest BCUT2D eigenvalue weighted by molar-refractivity contribution is 9.11. The van der Waals surface area contributed by atoms with Crippen molar-refractivity contribution >= 4 is 70.5 Å². The molecule has 5 heteroatoms. The molecule has 2 aromatic heterocycles. The van der Waals surface area contributed by atoms with Gasteiger partial charge in [-0.1, -0.05) is 34.1 Å². The lowest BCUT2D eigenvalue weighted by atomic mass is 10.0. The molecule has 21 heavy (non-hydrogen) atoms. The van der Waals surface area contributed by atoms with Crippen LogP contribution >= 0.6 is 70.5 Å². The highest BCUT2D eigenvalue weighted by atomic mass is 79.9. The summed E-state index contributed by atoms with van der Waals surface area (Å²) in [5, 5.41) is 4.25. The first kappa shape index (κ1) is 15.9. The van der Waals surface area contributed by atoms with Crippen LogP contribution in [-0.2, 0) is 12.8 Å². The molecule has 0 fully saturated rings. The van der Waals surface area contributed by atoms with Crippen molar-refractivity contribution in [1.82, 2.24) is 0 Å². The molecule has 0 aliphatic heterocycles. The molecule has 3 aromatic rings. The van der Waals surface area contributed by atoms with Gasteiger partial charge in [0.1, 0.15) is 0 Å². The van der Waals surface area contributed by atoms with Gasteiger partial charge in [0.2, 0.25) is 0 Å². The monoisotopic (exact) mass is 504 g/mol. The lowest BCUT2D eigenvalue weighted by Crippen LogP contribution is -1.95. The largest absolute Gasteiger partial charge is 0.137 e. The highest BCUT2D eigenvalue weighted by Crippen LogP contribution is 2.32. The van der Waals surface area contributed by atoms with E-state index >= 15 is 0 Å². The second-order valence-electron chi connectivity index (χ2n) is 4.68. The minimum absolute atomic E-state index is 0.948. The molecular formula is C16H11Br3S2. The van der Waals surface area contributed by atoms with Gasteiger partial charge in [-0.25, -0.2) is 0 Å². The first-order valence-corrected chi connectivity index (χ1v) is 10.5. The maximum absolute atomic E-state index is 3.80. The molecule has 0 saturated carbocycles. The minimum atomic E-state index is 0.948. The van der Waals surface area contributed by atoms with E-state index in [1.807, 2.05) is 0 Å². The average Bonchev–Trinajstić information content (AvgIpc) is 3.04. The highest BCUT2D eigenvalue weighted by Gasteiger charge is 2.11. The molecule has 0 aliphatic rings. The molecule has 108 valence electrons. The lowest BCUT2D eigenvalue weighted by Gasteiger charge is -2.10. The summed E-state index contributed by atoms with van der Waals surface area (Å²) in [7, 11) is 0. The SMILES string of the molecule is Brc1sccc1Cc1cccc(Cc2ccsc2Br)c1Br. The van der Waals surface area contributed by atoms with Gasteiger partial charge in [0.25, 0.3) is 0 Å². The predicted molar refractivity (Wildman–Crippen MR) is 104 cm³/mol. The van der Waals surface area contributed by atoms with Gasteiger partial charge in [0.15, 0.2) is 0 Å². The van der Waals surface area contributed by atoms with Crippen molar-refractivity contribution in [3.63, 3.8) is 0 Å². The molecule has 0 nitrogen and oxygen atoms in total. The van der Waals surface area contributed by atoms with Crippen LogP contribution in [0.2, 0.25) is 0 Å². The van der Waals surface area contributed by atoms with Gasteiger partial charge < -0.3 is 0 Å². The van der Waals surface area contributed by atoms with E-state index in [4.69, 9.17) is 0 Å². The van der Waals surface area contributed by atoms with Crippen LogP contribution in [0, 0.1) is 0 Å². The molecule has 0 unspecified atom stereocenters. The first-order chi connectivity index (χ1) is 10.1. The van der Waals surface area contributed by atoms with Gasteiger partial charge >= 0.3 is 0 Å². The van der Waals surface area contributed by atoms with Gasteiger partial charge in [-0.2, -0.15) is 0 Å². The summed E-state index contributed by atoms with van der Waals surface area (Å²) in [6, 6.07) is 10.9. The van der Waals surface area contributed by atoms with Gasteiger partial charge in [0.05, 0.1) is 7.57 Å². The summed E-state index contributed by atoms with van der Waals surface area (Å²) in [6.07, 6.45) is 1.90. The molecule has 0 amide bonds. The Labute approximate surface area is 157 Å². The quantitative estimate of drug-likeness (QED) is 0.349. The smallest absolute Gasteiger partial charge is 0.0733 e. The molecular weight excluding hydrogens is 496 g/mol. The van der Waals surface area contributed by atoms with Crippen molar-refractivity contribution in [3.05, 3.63) is 75.4 Å². The second-order valence-corrected chi connectivity index (χ2v) is 9.94. The fourth-order valence-electron chi connectivity index (χ4n) is 2.21. The lowest BCUT2D eigenvalue weighted by molar-refractivity contribution is 1.12. The molecule has 0 radical (unpaired) electrons. The second kappa shape index (κ2) is 7.09. The van der Waals surface area contributed by atoms with E-state index in [-0.39, 0.29) is 0 Å². The summed E-state index contributed by atoms with van der Waals surface area (Å²) in [4.78, 5) is 0. The molecule has 0 N–H and O–H groups in total. The zero-order valence-corrected chi connectivity index (χ0v) is 17.3. The van der Waals surface area contributed by atoms with Crippen molar-refractivity contribution < 1.29 is 0 Å². The maximum Gasteiger partial charge on any atom is 0.0733 e. The Morgan fingerprint density at radius 3 is 1.52 bits per heavy atom. The third-order valence-electron chi connectivity index (χ3n) is 3.31. The summed E-state index contributed by atoms with van der Waals surface area (Å²) in [5.41, 5.74) is 5.35. The van der Waals surface area contributed by atoms with Crippen molar-refractivity contribution in [2.24, 2.45) is 0 Å². The third-order valence-corrected chi connectivity index (χ3v) is 7.95. The van der Waals surface area contributed by atoms with Crippen LogP contribution in [0.1, 0.15) is 22.3 Å². The Balaban J connectivity index is 1.88. The van der Waals surface area contributed by atoms with Crippen LogP contribution in [0.3, 0.4) is 0 Å². The molecule has 0 spiro atoms. The minimum Gasteiger partial charge on any atom is -0.137 e. The topological polar surface area (TPSA) is 0 Å². The van der Waals surface area contributed by atoms with Crippen molar-refractivity contribution in [2.45, 2.75) is 12.8 Å². The first-order valence-electron chi connectivity index (χ1n) is 6.35. The fourth-order valence-corrected chi connectivity index (χ4v) is 5.23. The standard InChI is InChI=1S/C16H11Br3S2/c17-14-10(8-12-4-6-20-15(12)18)2-1-3-11(14)9-13-5-7-21-16(13)19/h1-7H,8-9H2. The Morgan fingerprint density at radius 2 is 1.14 bits per heavy atom. The number of rotatable bonds is 4. The maximum atomic E-state index is 3.80. The summed E-state index contributed by atoms with van der Waals surface area (Å²) >= 11 is 14.5. The zero-order chi connectivity index (χ0) is 14.8. The van der Waals surface area contributed by atoms with E-state index in [0.717, 1.165) is 12.8 Å². The Kier molecular flexibility index (Phi) is 5.38. The van der Waals surface area contributed by atoms with Crippen LogP contribution in [-0.4, -0.2) is 0 Å². The zero-order valence-electron chi connectivity index (χ0n) is 10.9. The molecule has 0 atom stereocenters. The predicted octanol–water partition coefficient (Wildman–Crippen LogP) is 7.28. The fraction of sp³-hybridized carbons (Fsp3) is 0.125. The van der Waals surface area contributed by atoms with E-state index in [1.54, 1.807) is 22.7 Å². The van der Waals surface area contributed by atoms with E-state index < -0.39 is 0 Å². The van der Waals surface area contributed by atoms with E-state index in [2.05, 4.69) is 88.9 Å². The number of halogens is 3. The van der Waals surface area contributed by atoms with Gasteiger partial charge in [-0.3, -0.25) is 0 Å². The van der Waals surface area contributed by atoms with Crippen molar-refractivity contribution in [3.8, 4) is 0 Å². The average molecular weight is 507 g/mol. The van der Waals surface area contributed by atoms with Crippen molar-refractivity contribution in [1.29, 1.82) is 0 Å². The Bertz CT molecular complexity index is 698. The summed E-state index contributed by atoms with van der Waals surface area (Å²) in [6.45, 7) is 0. The molecule has 0 aliphatic carbocycles. The van der Waals surface area contributed by atoms with Crippen LogP contribution in [0.4, 0.5) is 0 Å². The van der Waals surface area contributed by atoms with E-state index in [1.165, 1.54) is 34.3 Å². The normalized spacial score (nSPS) is 11.0. The van der Waals surface area contributed by atoms with Crippen LogP contribution < -0.4 is 0 Å². The molecule has 0 saturated heterocycles. The van der Waals surface area contributed by atoms with Crippen LogP contribution in [0.25, 0.3) is 0 Å².